The number of rotatable bonds is 8. The molecule has 4 nitrogen and oxygen atoms in total. The summed E-state index contributed by atoms with van der Waals surface area (Å²) in [5.41, 5.74) is 1.77. The van der Waals surface area contributed by atoms with E-state index in [9.17, 15) is 9.18 Å². The summed E-state index contributed by atoms with van der Waals surface area (Å²) in [5.74, 6) is 1.30. The molecular weight excluding hydrogens is 333 g/mol. The molecule has 1 aliphatic rings. The van der Waals surface area contributed by atoms with E-state index < -0.39 is 0 Å². The minimum Gasteiger partial charge on any atom is -0.497 e. The van der Waals surface area contributed by atoms with E-state index in [0.717, 1.165) is 35.5 Å². The molecule has 138 valence electrons. The number of methoxy groups -OCH3 is 2. The van der Waals surface area contributed by atoms with Gasteiger partial charge in [0, 0.05) is 24.6 Å². The number of hydrogen-bond donors (Lipinski definition) is 0. The van der Waals surface area contributed by atoms with Crippen LogP contribution in [-0.2, 0) is 17.8 Å². The summed E-state index contributed by atoms with van der Waals surface area (Å²) in [6.07, 6.45) is 2.96. The summed E-state index contributed by atoms with van der Waals surface area (Å²) in [4.78, 5) is 14.7. The van der Waals surface area contributed by atoms with Crippen LogP contribution in [0.2, 0.25) is 0 Å². The zero-order chi connectivity index (χ0) is 18.5. The van der Waals surface area contributed by atoms with Crippen molar-refractivity contribution in [1.29, 1.82) is 0 Å². The third-order valence-electron chi connectivity index (χ3n) is 4.65. The van der Waals surface area contributed by atoms with E-state index in [1.54, 1.807) is 20.3 Å². The number of benzene rings is 2. The van der Waals surface area contributed by atoms with Crippen LogP contribution in [0, 0.1) is 5.82 Å². The quantitative estimate of drug-likeness (QED) is 0.718. The zero-order valence-corrected chi connectivity index (χ0v) is 15.2. The average molecular weight is 357 g/mol. The van der Waals surface area contributed by atoms with E-state index in [4.69, 9.17) is 9.47 Å². The number of halogens is 1. The number of amides is 1. The topological polar surface area (TPSA) is 38.8 Å². The van der Waals surface area contributed by atoms with Gasteiger partial charge in [-0.3, -0.25) is 4.79 Å². The van der Waals surface area contributed by atoms with Crippen molar-refractivity contribution in [2.24, 2.45) is 0 Å². The van der Waals surface area contributed by atoms with E-state index in [1.807, 2.05) is 29.2 Å². The van der Waals surface area contributed by atoms with Crippen molar-refractivity contribution < 1.29 is 18.7 Å². The molecule has 2 aromatic rings. The Hall–Kier alpha value is -2.56. The highest BCUT2D eigenvalue weighted by molar-refractivity contribution is 5.77. The molecule has 0 radical (unpaired) electrons. The third-order valence-corrected chi connectivity index (χ3v) is 4.65. The molecule has 2 aromatic carbocycles. The average Bonchev–Trinajstić information content (AvgIpc) is 3.49. The molecular formula is C21H24FNO3. The molecule has 0 saturated heterocycles. The molecule has 0 N–H and O–H groups in total. The lowest BCUT2D eigenvalue weighted by Crippen LogP contribution is -2.32. The SMILES string of the molecule is COc1ccc(OC)c(CN(C(=O)CCc2cccc(F)c2)C2CC2)c1. The maximum atomic E-state index is 13.3. The van der Waals surface area contributed by atoms with Crippen molar-refractivity contribution >= 4 is 5.91 Å². The van der Waals surface area contributed by atoms with E-state index in [0.29, 0.717) is 19.4 Å². The largest absolute Gasteiger partial charge is 0.497 e. The molecule has 0 spiro atoms. The summed E-state index contributed by atoms with van der Waals surface area (Å²) in [6, 6.07) is 12.3. The molecule has 0 aliphatic heterocycles. The molecule has 3 rings (SSSR count). The molecule has 1 aliphatic carbocycles. The fraction of sp³-hybridized carbons (Fsp3) is 0.381. The first kappa shape index (κ1) is 18.2. The number of aryl methyl sites for hydroxylation is 1. The second kappa shape index (κ2) is 8.21. The molecule has 1 amide bonds. The fourth-order valence-electron chi connectivity index (χ4n) is 3.08. The van der Waals surface area contributed by atoms with Gasteiger partial charge in [0.15, 0.2) is 0 Å². The molecule has 1 saturated carbocycles. The van der Waals surface area contributed by atoms with Gasteiger partial charge in [-0.15, -0.1) is 0 Å². The summed E-state index contributed by atoms with van der Waals surface area (Å²) in [7, 11) is 3.24. The minimum atomic E-state index is -0.268. The summed E-state index contributed by atoms with van der Waals surface area (Å²) >= 11 is 0. The number of hydrogen-bond acceptors (Lipinski definition) is 3. The summed E-state index contributed by atoms with van der Waals surface area (Å²) in [5, 5.41) is 0. The van der Waals surface area contributed by atoms with Crippen molar-refractivity contribution in [2.45, 2.75) is 38.3 Å². The van der Waals surface area contributed by atoms with E-state index >= 15 is 0 Å². The molecule has 0 bridgehead atoms. The Balaban J connectivity index is 1.70. The normalized spacial score (nSPS) is 13.3. The van der Waals surface area contributed by atoms with Gasteiger partial charge in [-0.25, -0.2) is 4.39 Å². The molecule has 26 heavy (non-hydrogen) atoms. The monoisotopic (exact) mass is 357 g/mol. The van der Waals surface area contributed by atoms with Crippen molar-refractivity contribution in [1.82, 2.24) is 4.90 Å². The van der Waals surface area contributed by atoms with Gasteiger partial charge >= 0.3 is 0 Å². The Kier molecular flexibility index (Phi) is 5.76. The molecule has 0 unspecified atom stereocenters. The second-order valence-electron chi connectivity index (χ2n) is 6.56. The Morgan fingerprint density at radius 1 is 1.15 bits per heavy atom. The van der Waals surface area contributed by atoms with Crippen molar-refractivity contribution in [3.05, 3.63) is 59.4 Å². The Morgan fingerprint density at radius 3 is 2.62 bits per heavy atom. The van der Waals surface area contributed by atoms with Gasteiger partial charge in [0.25, 0.3) is 0 Å². The van der Waals surface area contributed by atoms with Crippen LogP contribution in [0.3, 0.4) is 0 Å². The van der Waals surface area contributed by atoms with E-state index in [2.05, 4.69) is 0 Å². The molecule has 5 heteroatoms. The van der Waals surface area contributed by atoms with Crippen LogP contribution in [-0.4, -0.2) is 31.1 Å². The highest BCUT2D eigenvalue weighted by atomic mass is 19.1. The number of nitrogens with zero attached hydrogens (tertiary/aromatic N) is 1. The lowest BCUT2D eigenvalue weighted by atomic mass is 10.1. The third kappa shape index (κ3) is 4.54. The fourth-order valence-corrected chi connectivity index (χ4v) is 3.08. The van der Waals surface area contributed by atoms with Gasteiger partial charge in [0.2, 0.25) is 5.91 Å². The highest BCUT2D eigenvalue weighted by Gasteiger charge is 2.32. The van der Waals surface area contributed by atoms with E-state index in [1.165, 1.54) is 12.1 Å². The zero-order valence-electron chi connectivity index (χ0n) is 15.2. The van der Waals surface area contributed by atoms with Crippen LogP contribution in [0.25, 0.3) is 0 Å². The lowest BCUT2D eigenvalue weighted by molar-refractivity contribution is -0.132. The van der Waals surface area contributed by atoms with Crippen LogP contribution in [0.4, 0.5) is 4.39 Å². The predicted octanol–water partition coefficient (Wildman–Crippen LogP) is 3.97. The van der Waals surface area contributed by atoms with Gasteiger partial charge in [0.05, 0.1) is 14.2 Å². The van der Waals surface area contributed by atoms with Crippen LogP contribution in [0.1, 0.15) is 30.4 Å². The smallest absolute Gasteiger partial charge is 0.223 e. The minimum absolute atomic E-state index is 0.0848. The van der Waals surface area contributed by atoms with Crippen LogP contribution in [0.5, 0.6) is 11.5 Å². The molecule has 1 fully saturated rings. The lowest BCUT2D eigenvalue weighted by Gasteiger charge is -2.24. The van der Waals surface area contributed by atoms with Crippen molar-refractivity contribution in [3.63, 3.8) is 0 Å². The number of ether oxygens (including phenoxy) is 2. The highest BCUT2D eigenvalue weighted by Crippen LogP contribution is 2.32. The Morgan fingerprint density at radius 2 is 1.96 bits per heavy atom. The van der Waals surface area contributed by atoms with Gasteiger partial charge in [-0.1, -0.05) is 12.1 Å². The van der Waals surface area contributed by atoms with Gasteiger partial charge in [-0.2, -0.15) is 0 Å². The van der Waals surface area contributed by atoms with Crippen molar-refractivity contribution in [2.75, 3.05) is 14.2 Å². The molecule has 0 aromatic heterocycles. The predicted molar refractivity (Wildman–Crippen MR) is 97.8 cm³/mol. The number of carbonyl (C=O) groups excluding carboxylic acids is 1. The first-order valence-electron chi connectivity index (χ1n) is 8.85. The van der Waals surface area contributed by atoms with Crippen LogP contribution in [0.15, 0.2) is 42.5 Å². The summed E-state index contributed by atoms with van der Waals surface area (Å²) in [6.45, 7) is 0.493. The molecule has 0 heterocycles. The summed E-state index contributed by atoms with van der Waals surface area (Å²) < 4.78 is 24.0. The number of carbonyl (C=O) groups is 1. The maximum absolute atomic E-state index is 13.3. The first-order valence-corrected chi connectivity index (χ1v) is 8.85. The van der Waals surface area contributed by atoms with Gasteiger partial charge in [0.1, 0.15) is 17.3 Å². The van der Waals surface area contributed by atoms with Gasteiger partial charge in [-0.05, 0) is 55.2 Å². The molecule has 0 atom stereocenters. The Labute approximate surface area is 153 Å². The second-order valence-corrected chi connectivity index (χ2v) is 6.56. The van der Waals surface area contributed by atoms with Crippen LogP contribution < -0.4 is 9.47 Å². The maximum Gasteiger partial charge on any atom is 0.223 e. The first-order chi connectivity index (χ1) is 12.6. The standard InChI is InChI=1S/C21H24FNO3/c1-25-19-9-10-20(26-2)16(13-19)14-23(18-7-8-18)21(24)11-6-15-4-3-5-17(22)12-15/h3-5,9-10,12-13,18H,6-8,11,14H2,1-2H3. The van der Waals surface area contributed by atoms with Gasteiger partial charge < -0.3 is 14.4 Å². The Bertz CT molecular complexity index is 774. The van der Waals surface area contributed by atoms with Crippen LogP contribution >= 0.6 is 0 Å². The van der Waals surface area contributed by atoms with E-state index in [-0.39, 0.29) is 17.8 Å². The van der Waals surface area contributed by atoms with Crippen molar-refractivity contribution in [3.8, 4) is 11.5 Å².